The van der Waals surface area contributed by atoms with Gasteiger partial charge in [-0.3, -0.25) is 4.79 Å². The number of fused-ring (bicyclic) bond motifs is 1. The third-order valence-electron chi connectivity index (χ3n) is 3.50. The van der Waals surface area contributed by atoms with Gasteiger partial charge in [0, 0.05) is 27.9 Å². The summed E-state index contributed by atoms with van der Waals surface area (Å²) in [5.74, 6) is 0.857. The predicted molar refractivity (Wildman–Crippen MR) is 85.9 cm³/mol. The molecule has 0 spiro atoms. The van der Waals surface area contributed by atoms with Gasteiger partial charge in [-0.25, -0.2) is 0 Å². The van der Waals surface area contributed by atoms with Gasteiger partial charge in [-0.1, -0.05) is 38.1 Å². The maximum Gasteiger partial charge on any atom is 0.287 e. The Morgan fingerprint density at radius 2 is 1.85 bits per heavy atom. The molecule has 2 aromatic rings. The van der Waals surface area contributed by atoms with Gasteiger partial charge in [0.05, 0.1) is 7.11 Å². The SMILES string of the molecule is COc1ccc2cc(C(C)(C)CNC(=O)Br)ccc2c1. The number of benzene rings is 2. The minimum Gasteiger partial charge on any atom is -0.497 e. The van der Waals surface area contributed by atoms with E-state index in [2.05, 4.69) is 59.4 Å². The molecule has 0 heterocycles. The van der Waals surface area contributed by atoms with Crippen LogP contribution in [0.3, 0.4) is 0 Å². The average Bonchev–Trinajstić information content (AvgIpc) is 2.44. The lowest BCUT2D eigenvalue weighted by atomic mass is 9.83. The highest BCUT2D eigenvalue weighted by molar-refractivity contribution is 9.18. The number of rotatable bonds is 4. The molecular weight excluding hydrogens is 318 g/mol. The second kappa shape index (κ2) is 5.83. The lowest BCUT2D eigenvalue weighted by Gasteiger charge is -2.25. The molecule has 0 aliphatic rings. The molecule has 20 heavy (non-hydrogen) atoms. The summed E-state index contributed by atoms with van der Waals surface area (Å²) in [6, 6.07) is 12.4. The van der Waals surface area contributed by atoms with Crippen LogP contribution in [-0.4, -0.2) is 18.5 Å². The molecule has 0 aliphatic carbocycles. The maximum atomic E-state index is 11.0. The summed E-state index contributed by atoms with van der Waals surface area (Å²) in [4.78, 5) is 10.8. The number of hydrogen-bond donors (Lipinski definition) is 1. The van der Waals surface area contributed by atoms with E-state index >= 15 is 0 Å². The molecule has 0 fully saturated rings. The lowest BCUT2D eigenvalue weighted by Crippen LogP contribution is -2.34. The zero-order valence-corrected chi connectivity index (χ0v) is 13.5. The monoisotopic (exact) mass is 335 g/mol. The van der Waals surface area contributed by atoms with Crippen molar-refractivity contribution in [3.8, 4) is 5.75 Å². The van der Waals surface area contributed by atoms with Crippen LogP contribution in [0.2, 0.25) is 0 Å². The van der Waals surface area contributed by atoms with Gasteiger partial charge >= 0.3 is 0 Å². The van der Waals surface area contributed by atoms with E-state index in [0.29, 0.717) is 6.54 Å². The van der Waals surface area contributed by atoms with Crippen LogP contribution in [-0.2, 0) is 5.41 Å². The molecule has 0 unspecified atom stereocenters. The highest BCUT2D eigenvalue weighted by Crippen LogP contribution is 2.28. The van der Waals surface area contributed by atoms with E-state index in [1.165, 1.54) is 10.9 Å². The number of hydrogen-bond acceptors (Lipinski definition) is 2. The molecule has 0 saturated carbocycles. The van der Waals surface area contributed by atoms with Crippen LogP contribution < -0.4 is 10.1 Å². The molecule has 0 atom stereocenters. The van der Waals surface area contributed by atoms with E-state index < -0.39 is 0 Å². The molecule has 0 aromatic heterocycles. The number of carbonyl (C=O) groups excluding carboxylic acids is 1. The zero-order valence-electron chi connectivity index (χ0n) is 11.9. The first-order valence-electron chi connectivity index (χ1n) is 6.44. The van der Waals surface area contributed by atoms with Crippen molar-refractivity contribution < 1.29 is 9.53 Å². The van der Waals surface area contributed by atoms with Crippen molar-refractivity contribution in [3.63, 3.8) is 0 Å². The van der Waals surface area contributed by atoms with Crippen molar-refractivity contribution >= 4 is 31.5 Å². The first kappa shape index (κ1) is 14.9. The van der Waals surface area contributed by atoms with Crippen LogP contribution in [0.15, 0.2) is 36.4 Å². The zero-order chi connectivity index (χ0) is 14.8. The molecule has 106 valence electrons. The highest BCUT2D eigenvalue weighted by Gasteiger charge is 2.21. The van der Waals surface area contributed by atoms with Crippen LogP contribution >= 0.6 is 15.9 Å². The Labute approximate surface area is 127 Å². The van der Waals surface area contributed by atoms with Gasteiger partial charge in [-0.15, -0.1) is 0 Å². The Balaban J connectivity index is 2.33. The fourth-order valence-electron chi connectivity index (χ4n) is 2.16. The van der Waals surface area contributed by atoms with E-state index in [9.17, 15) is 4.79 Å². The third-order valence-corrected chi connectivity index (χ3v) is 3.78. The average molecular weight is 336 g/mol. The summed E-state index contributed by atoms with van der Waals surface area (Å²) >= 11 is 2.89. The van der Waals surface area contributed by atoms with Crippen LogP contribution in [0.25, 0.3) is 10.8 Å². The third kappa shape index (κ3) is 3.31. The van der Waals surface area contributed by atoms with Crippen LogP contribution in [0.1, 0.15) is 19.4 Å². The van der Waals surface area contributed by atoms with Gasteiger partial charge in [0.15, 0.2) is 0 Å². The van der Waals surface area contributed by atoms with Crippen molar-refractivity contribution in [1.82, 2.24) is 5.32 Å². The minimum absolute atomic E-state index is 0.127. The number of carbonyl (C=O) groups is 1. The van der Waals surface area contributed by atoms with E-state index in [4.69, 9.17) is 4.74 Å². The molecule has 3 nitrogen and oxygen atoms in total. The smallest absolute Gasteiger partial charge is 0.287 e. The van der Waals surface area contributed by atoms with Crippen molar-refractivity contribution in [2.75, 3.05) is 13.7 Å². The second-order valence-corrected chi connectivity index (χ2v) is 6.16. The second-order valence-electron chi connectivity index (χ2n) is 5.44. The van der Waals surface area contributed by atoms with Gasteiger partial charge in [0.2, 0.25) is 0 Å². The predicted octanol–water partition coefficient (Wildman–Crippen LogP) is 4.23. The molecule has 0 bridgehead atoms. The van der Waals surface area contributed by atoms with Crippen molar-refractivity contribution in [2.45, 2.75) is 19.3 Å². The quantitative estimate of drug-likeness (QED) is 0.670. The van der Waals surface area contributed by atoms with Crippen molar-refractivity contribution in [1.29, 1.82) is 0 Å². The van der Waals surface area contributed by atoms with Crippen molar-refractivity contribution in [3.05, 3.63) is 42.0 Å². The van der Waals surface area contributed by atoms with Gasteiger partial charge in [-0.2, -0.15) is 0 Å². The molecule has 4 heteroatoms. The Hall–Kier alpha value is -1.55. The summed E-state index contributed by atoms with van der Waals surface area (Å²) in [7, 11) is 1.67. The highest BCUT2D eigenvalue weighted by atomic mass is 79.9. The van der Waals surface area contributed by atoms with Crippen LogP contribution in [0, 0.1) is 0 Å². The largest absolute Gasteiger partial charge is 0.497 e. The molecule has 2 rings (SSSR count). The molecule has 2 aromatic carbocycles. The number of methoxy groups -OCH3 is 1. The van der Waals surface area contributed by atoms with Gasteiger partial charge in [-0.05, 0) is 28.5 Å². The molecule has 0 saturated heterocycles. The number of ether oxygens (including phenoxy) is 1. The number of amides is 1. The molecule has 1 N–H and O–H groups in total. The fourth-order valence-corrected chi connectivity index (χ4v) is 2.30. The first-order valence-corrected chi connectivity index (χ1v) is 7.23. The number of nitrogens with one attached hydrogen (secondary N) is 1. The summed E-state index contributed by atoms with van der Waals surface area (Å²) in [6.07, 6.45) is 0. The van der Waals surface area contributed by atoms with Crippen LogP contribution in [0.4, 0.5) is 4.79 Å². The maximum absolute atomic E-state index is 11.0. The summed E-state index contributed by atoms with van der Waals surface area (Å²) in [6.45, 7) is 4.81. The van der Waals surface area contributed by atoms with E-state index in [1.54, 1.807) is 7.11 Å². The topological polar surface area (TPSA) is 38.3 Å². The molecule has 0 aliphatic heterocycles. The van der Waals surface area contributed by atoms with Gasteiger partial charge < -0.3 is 10.1 Å². The standard InChI is InChI=1S/C16H18BrNO2/c1-16(2,10-18-15(17)19)13-6-4-12-9-14(20-3)7-5-11(12)8-13/h4-9H,10H2,1-3H3,(H,18,19). The summed E-state index contributed by atoms with van der Waals surface area (Å²) in [5, 5.41) is 5.12. The van der Waals surface area contributed by atoms with E-state index in [0.717, 1.165) is 11.1 Å². The Morgan fingerprint density at radius 3 is 2.50 bits per heavy atom. The summed E-state index contributed by atoms with van der Waals surface area (Å²) in [5.41, 5.74) is 1.06. The molecular formula is C16H18BrNO2. The first-order chi connectivity index (χ1) is 9.42. The fraction of sp³-hybridized carbons (Fsp3) is 0.312. The Morgan fingerprint density at radius 1 is 1.20 bits per heavy atom. The van der Waals surface area contributed by atoms with E-state index in [-0.39, 0.29) is 10.2 Å². The van der Waals surface area contributed by atoms with E-state index in [1.807, 2.05) is 12.1 Å². The molecule has 1 amide bonds. The Kier molecular flexibility index (Phi) is 4.33. The van der Waals surface area contributed by atoms with Gasteiger partial charge in [0.1, 0.15) is 5.75 Å². The summed E-state index contributed by atoms with van der Waals surface area (Å²) < 4.78 is 5.23. The van der Waals surface area contributed by atoms with Crippen molar-refractivity contribution in [2.24, 2.45) is 0 Å². The normalized spacial score (nSPS) is 11.4. The molecule has 0 radical (unpaired) electrons. The van der Waals surface area contributed by atoms with Crippen LogP contribution in [0.5, 0.6) is 5.75 Å². The Bertz CT molecular complexity index is 637. The lowest BCUT2D eigenvalue weighted by molar-refractivity contribution is 0.259. The number of halogens is 1. The minimum atomic E-state index is -0.184. The van der Waals surface area contributed by atoms with Gasteiger partial charge in [0.25, 0.3) is 4.82 Å².